The van der Waals surface area contributed by atoms with Crippen molar-refractivity contribution in [1.29, 1.82) is 0 Å². The second kappa shape index (κ2) is 10.3. The molecule has 0 spiro atoms. The monoisotopic (exact) mass is 406 g/mol. The summed E-state index contributed by atoms with van der Waals surface area (Å²) in [6, 6.07) is 13.5. The molecule has 2 aromatic rings. The van der Waals surface area contributed by atoms with Crippen molar-refractivity contribution in [2.75, 3.05) is 0 Å². The highest BCUT2D eigenvalue weighted by molar-refractivity contribution is 7.87. The highest BCUT2D eigenvalue weighted by Gasteiger charge is 2.17. The zero-order valence-corrected chi connectivity index (χ0v) is 17.9. The van der Waals surface area contributed by atoms with Crippen molar-refractivity contribution < 1.29 is 13.0 Å². The van der Waals surface area contributed by atoms with E-state index in [0.29, 0.717) is 5.92 Å². The average Bonchev–Trinajstić information content (AvgIpc) is 2.62. The normalized spacial score (nSPS) is 11.9. The van der Waals surface area contributed by atoms with Crippen LogP contribution in [0.2, 0.25) is 0 Å². The summed E-state index contributed by atoms with van der Waals surface area (Å²) in [5.41, 5.74) is 3.67. The van der Waals surface area contributed by atoms with Gasteiger partial charge in [-0.25, -0.2) is 0 Å². The van der Waals surface area contributed by atoms with Gasteiger partial charge in [0.2, 0.25) is 0 Å². The van der Waals surface area contributed by atoms with Gasteiger partial charge in [0, 0.05) is 4.90 Å². The molecular weight excluding hydrogens is 376 g/mol. The first-order chi connectivity index (χ1) is 12.9. The van der Waals surface area contributed by atoms with Crippen LogP contribution in [-0.2, 0) is 16.5 Å². The topological polar surface area (TPSA) is 54.4 Å². The quantitative estimate of drug-likeness (QED) is 0.361. The van der Waals surface area contributed by atoms with Crippen molar-refractivity contribution in [2.24, 2.45) is 0 Å². The summed E-state index contributed by atoms with van der Waals surface area (Å²) in [4.78, 5) is 0.132. The lowest BCUT2D eigenvalue weighted by molar-refractivity contribution is 0.481. The van der Waals surface area contributed by atoms with Gasteiger partial charge in [-0.15, -0.1) is 12.6 Å². The van der Waals surface area contributed by atoms with E-state index in [1.807, 2.05) is 0 Å². The second-order valence-corrected chi connectivity index (χ2v) is 9.01. The second-order valence-electron chi connectivity index (χ2n) is 7.13. The minimum atomic E-state index is -4.24. The minimum Gasteiger partial charge on any atom is -0.282 e. The van der Waals surface area contributed by atoms with E-state index >= 15 is 0 Å². The maximum atomic E-state index is 11.4. The van der Waals surface area contributed by atoms with Gasteiger partial charge in [0.15, 0.2) is 0 Å². The first-order valence-corrected chi connectivity index (χ1v) is 11.6. The van der Waals surface area contributed by atoms with Gasteiger partial charge in [-0.1, -0.05) is 69.9 Å². The molecule has 1 N–H and O–H groups in total. The van der Waals surface area contributed by atoms with E-state index < -0.39 is 10.1 Å². The molecule has 0 saturated heterocycles. The van der Waals surface area contributed by atoms with Gasteiger partial charge in [-0.3, -0.25) is 4.55 Å². The highest BCUT2D eigenvalue weighted by atomic mass is 32.2. The third-order valence-electron chi connectivity index (χ3n) is 5.00. The van der Waals surface area contributed by atoms with Crippen LogP contribution >= 0.6 is 12.6 Å². The van der Waals surface area contributed by atoms with Gasteiger partial charge < -0.3 is 0 Å². The molecule has 0 amide bonds. The van der Waals surface area contributed by atoms with Crippen LogP contribution in [0.1, 0.15) is 75.0 Å². The molecule has 0 bridgehead atoms. The Morgan fingerprint density at radius 3 is 2.19 bits per heavy atom. The molecule has 0 unspecified atom stereocenters. The Balaban J connectivity index is 2.30. The Kier molecular flexibility index (Phi) is 8.39. The Hall–Kier alpha value is -1.30. The number of rotatable bonds is 10. The summed E-state index contributed by atoms with van der Waals surface area (Å²) >= 11 is 4.25. The summed E-state index contributed by atoms with van der Waals surface area (Å²) in [5, 5.41) is 0. The maximum Gasteiger partial charge on any atom is 0.295 e. The molecule has 3 nitrogen and oxygen atoms in total. The van der Waals surface area contributed by atoms with Crippen molar-refractivity contribution in [3.8, 4) is 0 Å². The van der Waals surface area contributed by atoms with Gasteiger partial charge in [0.25, 0.3) is 10.1 Å². The fourth-order valence-corrected chi connectivity index (χ4v) is 4.71. The van der Waals surface area contributed by atoms with E-state index in [9.17, 15) is 13.0 Å². The average molecular weight is 407 g/mol. The van der Waals surface area contributed by atoms with E-state index in [0.717, 1.165) is 12.0 Å². The number of hydrogen-bond donors (Lipinski definition) is 2. The zero-order valence-electron chi connectivity index (χ0n) is 16.2. The molecule has 0 radical (unpaired) electrons. The lowest BCUT2D eigenvalue weighted by Gasteiger charge is -2.21. The van der Waals surface area contributed by atoms with Crippen molar-refractivity contribution in [3.63, 3.8) is 0 Å². The van der Waals surface area contributed by atoms with Crippen LogP contribution in [0, 0.1) is 0 Å². The largest absolute Gasteiger partial charge is 0.295 e. The van der Waals surface area contributed by atoms with Crippen LogP contribution in [-0.4, -0.2) is 13.0 Å². The Morgan fingerprint density at radius 1 is 1.00 bits per heavy atom. The van der Waals surface area contributed by atoms with Gasteiger partial charge in [-0.05, 0) is 54.0 Å². The summed E-state index contributed by atoms with van der Waals surface area (Å²) in [6.07, 6.45) is 7.99. The van der Waals surface area contributed by atoms with Gasteiger partial charge in [0.1, 0.15) is 4.90 Å². The lowest BCUT2D eigenvalue weighted by Crippen LogP contribution is -2.05. The Labute approximate surface area is 169 Å². The molecule has 2 rings (SSSR count). The SMILES string of the molecule is CCCCC(CCCC)c1ccccc1Cc1ccc(S(=O)(=O)O)c(S)c1. The first kappa shape index (κ1) is 22.0. The number of hydrogen-bond acceptors (Lipinski definition) is 3. The number of thiol groups is 1. The Morgan fingerprint density at radius 2 is 1.63 bits per heavy atom. The van der Waals surface area contributed by atoms with Crippen LogP contribution in [0.15, 0.2) is 52.3 Å². The van der Waals surface area contributed by atoms with Crippen molar-refractivity contribution >= 4 is 22.7 Å². The predicted molar refractivity (Wildman–Crippen MR) is 115 cm³/mol. The molecule has 0 aliphatic carbocycles. The van der Waals surface area contributed by atoms with Crippen LogP contribution in [0.3, 0.4) is 0 Å². The van der Waals surface area contributed by atoms with E-state index in [4.69, 9.17) is 0 Å². The van der Waals surface area contributed by atoms with Gasteiger partial charge in [0.05, 0.1) is 0 Å². The van der Waals surface area contributed by atoms with Crippen LogP contribution < -0.4 is 0 Å². The summed E-state index contributed by atoms with van der Waals surface area (Å²) in [5.74, 6) is 0.564. The zero-order chi connectivity index (χ0) is 19.9. The summed E-state index contributed by atoms with van der Waals surface area (Å²) in [7, 11) is -4.24. The van der Waals surface area contributed by atoms with Crippen molar-refractivity contribution in [3.05, 3.63) is 59.2 Å². The minimum absolute atomic E-state index is 0.147. The molecule has 0 aliphatic rings. The first-order valence-electron chi connectivity index (χ1n) is 9.74. The molecule has 0 heterocycles. The molecule has 0 atom stereocenters. The molecule has 148 valence electrons. The van der Waals surface area contributed by atoms with Gasteiger partial charge >= 0.3 is 0 Å². The van der Waals surface area contributed by atoms with Crippen LogP contribution in [0.4, 0.5) is 0 Å². The van der Waals surface area contributed by atoms with E-state index in [1.54, 1.807) is 12.1 Å². The molecule has 2 aromatic carbocycles. The third kappa shape index (κ3) is 6.37. The fraction of sp³-hybridized carbons (Fsp3) is 0.455. The summed E-state index contributed by atoms with van der Waals surface area (Å²) < 4.78 is 32.0. The lowest BCUT2D eigenvalue weighted by atomic mass is 9.84. The molecular formula is C22H30O3S2. The molecule has 0 saturated carbocycles. The van der Waals surface area contributed by atoms with E-state index in [2.05, 4.69) is 50.7 Å². The van der Waals surface area contributed by atoms with Crippen LogP contribution in [0.5, 0.6) is 0 Å². The number of benzene rings is 2. The number of unbranched alkanes of at least 4 members (excludes halogenated alkanes) is 2. The third-order valence-corrected chi connectivity index (χ3v) is 6.44. The van der Waals surface area contributed by atoms with Crippen LogP contribution in [0.25, 0.3) is 0 Å². The molecule has 0 aromatic heterocycles. The van der Waals surface area contributed by atoms with E-state index in [1.165, 1.54) is 55.7 Å². The summed E-state index contributed by atoms with van der Waals surface area (Å²) in [6.45, 7) is 4.46. The maximum absolute atomic E-state index is 11.4. The molecule has 0 fully saturated rings. The molecule has 5 heteroatoms. The highest BCUT2D eigenvalue weighted by Crippen LogP contribution is 2.32. The predicted octanol–water partition coefficient (Wildman–Crippen LogP) is 6.28. The molecule has 27 heavy (non-hydrogen) atoms. The fourth-order valence-electron chi connectivity index (χ4n) is 3.56. The standard InChI is InChI=1S/C22H30O3S2/c1-3-5-9-18(10-6-4-2)20-12-8-7-11-19(20)15-17-13-14-22(21(26)16-17)27(23,24)25/h7-8,11-14,16,18,26H,3-6,9-10,15H2,1-2H3,(H,23,24,25). The smallest absolute Gasteiger partial charge is 0.282 e. The Bertz CT molecular complexity index is 836. The van der Waals surface area contributed by atoms with Crippen molar-refractivity contribution in [2.45, 2.75) is 74.5 Å². The van der Waals surface area contributed by atoms with E-state index in [-0.39, 0.29) is 9.79 Å². The molecule has 0 aliphatic heterocycles. The van der Waals surface area contributed by atoms with Crippen molar-refractivity contribution in [1.82, 2.24) is 0 Å². The van der Waals surface area contributed by atoms with Gasteiger partial charge in [-0.2, -0.15) is 8.42 Å².